The predicted octanol–water partition coefficient (Wildman–Crippen LogP) is 5.10. The third-order valence-corrected chi connectivity index (χ3v) is 4.61. The highest BCUT2D eigenvalue weighted by molar-refractivity contribution is 5.74. The number of hydrogen-bond donors (Lipinski definition) is 0. The summed E-state index contributed by atoms with van der Waals surface area (Å²) in [6, 6.07) is 12.0. The van der Waals surface area contributed by atoms with Gasteiger partial charge in [-0.15, -0.1) is 0 Å². The summed E-state index contributed by atoms with van der Waals surface area (Å²) in [5, 5.41) is 0. The predicted molar refractivity (Wildman–Crippen MR) is 98.6 cm³/mol. The van der Waals surface area contributed by atoms with Gasteiger partial charge in [-0.3, -0.25) is 0 Å². The van der Waals surface area contributed by atoms with Crippen LogP contribution < -0.4 is 4.90 Å². The molecule has 126 valence electrons. The first kappa shape index (κ1) is 16.7. The topological polar surface area (TPSA) is 16.1 Å². The monoisotopic (exact) mass is 324 g/mol. The number of anilines is 1. The molecular formula is C21H25FN2. The van der Waals surface area contributed by atoms with Crippen molar-refractivity contribution < 1.29 is 4.39 Å². The van der Waals surface area contributed by atoms with E-state index in [0.717, 1.165) is 19.4 Å². The number of benzene rings is 1. The lowest BCUT2D eigenvalue weighted by Gasteiger charge is -2.31. The molecule has 0 radical (unpaired) electrons. The molecule has 0 N–H and O–H groups in total. The maximum absolute atomic E-state index is 14.1. The van der Waals surface area contributed by atoms with Crippen LogP contribution in [-0.2, 0) is 6.42 Å². The summed E-state index contributed by atoms with van der Waals surface area (Å²) in [6.45, 7) is 8.18. The molecule has 24 heavy (non-hydrogen) atoms. The van der Waals surface area contributed by atoms with E-state index in [2.05, 4.69) is 50.0 Å². The largest absolute Gasteiger partial charge is 0.350 e. The van der Waals surface area contributed by atoms with Gasteiger partial charge in [0.25, 0.3) is 0 Å². The van der Waals surface area contributed by atoms with E-state index < -0.39 is 0 Å². The van der Waals surface area contributed by atoms with Crippen molar-refractivity contribution in [2.45, 2.75) is 33.6 Å². The zero-order valence-electron chi connectivity index (χ0n) is 14.7. The molecule has 3 rings (SSSR count). The Morgan fingerprint density at radius 2 is 1.92 bits per heavy atom. The first-order valence-electron chi connectivity index (χ1n) is 8.68. The molecule has 0 atom stereocenters. The molecule has 1 aromatic carbocycles. The normalized spacial score (nSPS) is 15.3. The van der Waals surface area contributed by atoms with Crippen LogP contribution in [0.2, 0.25) is 0 Å². The standard InChI is InChI=1S/C21H25FN2/c1-15(2)13-17-6-8-18(9-7-17)19-14-24(12-10-16(19)3)21-20(22)5-4-11-23-21/h4-9,11,15H,10,12-14H2,1-3H3. The fraction of sp³-hybridized carbons (Fsp3) is 0.381. The summed E-state index contributed by atoms with van der Waals surface area (Å²) < 4.78 is 14.1. The summed E-state index contributed by atoms with van der Waals surface area (Å²) in [5.41, 5.74) is 5.29. The quantitative estimate of drug-likeness (QED) is 0.777. The molecule has 1 aliphatic rings. The van der Waals surface area contributed by atoms with Gasteiger partial charge in [0.1, 0.15) is 0 Å². The summed E-state index contributed by atoms with van der Waals surface area (Å²) >= 11 is 0. The molecule has 2 heterocycles. The van der Waals surface area contributed by atoms with E-state index in [1.54, 1.807) is 12.3 Å². The summed E-state index contributed by atoms with van der Waals surface area (Å²) in [6.07, 6.45) is 3.70. The Morgan fingerprint density at radius 3 is 2.58 bits per heavy atom. The van der Waals surface area contributed by atoms with Crippen molar-refractivity contribution >= 4 is 11.4 Å². The Balaban J connectivity index is 1.83. The van der Waals surface area contributed by atoms with Crippen molar-refractivity contribution in [1.29, 1.82) is 0 Å². The minimum absolute atomic E-state index is 0.247. The van der Waals surface area contributed by atoms with E-state index in [1.165, 1.54) is 28.3 Å². The fourth-order valence-electron chi connectivity index (χ4n) is 3.30. The molecule has 0 bridgehead atoms. The molecule has 0 aliphatic carbocycles. The van der Waals surface area contributed by atoms with Crippen LogP contribution in [0.25, 0.3) is 5.57 Å². The lowest BCUT2D eigenvalue weighted by Crippen LogP contribution is -2.32. The fourth-order valence-corrected chi connectivity index (χ4v) is 3.30. The van der Waals surface area contributed by atoms with E-state index in [4.69, 9.17) is 0 Å². The second-order valence-electron chi connectivity index (χ2n) is 7.03. The Kier molecular flexibility index (Phi) is 4.98. The minimum Gasteiger partial charge on any atom is -0.350 e. The number of nitrogens with zero attached hydrogens (tertiary/aromatic N) is 2. The van der Waals surface area contributed by atoms with Crippen molar-refractivity contribution in [3.63, 3.8) is 0 Å². The van der Waals surface area contributed by atoms with Gasteiger partial charge in [0.05, 0.1) is 0 Å². The second-order valence-corrected chi connectivity index (χ2v) is 7.03. The summed E-state index contributed by atoms with van der Waals surface area (Å²) in [5.74, 6) is 0.872. The molecule has 0 unspecified atom stereocenters. The van der Waals surface area contributed by atoms with Gasteiger partial charge in [0.15, 0.2) is 11.6 Å². The van der Waals surface area contributed by atoms with E-state index in [-0.39, 0.29) is 5.82 Å². The molecule has 0 amide bonds. The number of pyridine rings is 1. The summed E-state index contributed by atoms with van der Waals surface area (Å²) in [7, 11) is 0. The highest BCUT2D eigenvalue weighted by atomic mass is 19.1. The molecule has 3 heteroatoms. The molecular weight excluding hydrogens is 299 g/mol. The Bertz CT molecular complexity index is 732. The number of hydrogen-bond acceptors (Lipinski definition) is 2. The average Bonchev–Trinajstić information content (AvgIpc) is 2.56. The lowest BCUT2D eigenvalue weighted by molar-refractivity contribution is 0.610. The van der Waals surface area contributed by atoms with Crippen LogP contribution in [0, 0.1) is 11.7 Å². The molecule has 0 fully saturated rings. The zero-order chi connectivity index (χ0) is 17.1. The van der Waals surface area contributed by atoms with Crippen molar-refractivity contribution in [3.05, 3.63) is 65.1 Å². The number of halogens is 1. The van der Waals surface area contributed by atoms with E-state index in [1.807, 2.05) is 4.90 Å². The molecule has 1 aliphatic heterocycles. The first-order valence-corrected chi connectivity index (χ1v) is 8.68. The maximum Gasteiger partial charge on any atom is 0.165 e. The SMILES string of the molecule is CC1=C(c2ccc(CC(C)C)cc2)CN(c2ncccc2F)CC1. The smallest absolute Gasteiger partial charge is 0.165 e. The number of aromatic nitrogens is 1. The maximum atomic E-state index is 14.1. The van der Waals surface area contributed by atoms with Gasteiger partial charge in [0, 0.05) is 19.3 Å². The van der Waals surface area contributed by atoms with Crippen molar-refractivity contribution in [3.8, 4) is 0 Å². The second kappa shape index (κ2) is 7.16. The Hall–Kier alpha value is -2.16. The van der Waals surface area contributed by atoms with E-state index >= 15 is 0 Å². The Morgan fingerprint density at radius 1 is 1.17 bits per heavy atom. The first-order chi connectivity index (χ1) is 11.5. The highest BCUT2D eigenvalue weighted by Gasteiger charge is 2.21. The van der Waals surface area contributed by atoms with Crippen LogP contribution >= 0.6 is 0 Å². The van der Waals surface area contributed by atoms with Gasteiger partial charge in [-0.25, -0.2) is 9.37 Å². The summed E-state index contributed by atoms with van der Waals surface area (Å²) in [4.78, 5) is 6.27. The third-order valence-electron chi connectivity index (χ3n) is 4.61. The molecule has 0 saturated carbocycles. The van der Waals surface area contributed by atoms with E-state index in [9.17, 15) is 4.39 Å². The lowest BCUT2D eigenvalue weighted by atomic mass is 9.93. The molecule has 2 nitrogen and oxygen atoms in total. The van der Waals surface area contributed by atoms with Crippen molar-refractivity contribution in [1.82, 2.24) is 4.98 Å². The van der Waals surface area contributed by atoms with Crippen LogP contribution in [-0.4, -0.2) is 18.1 Å². The molecule has 0 saturated heterocycles. The third kappa shape index (κ3) is 3.66. The van der Waals surface area contributed by atoms with Gasteiger partial charge in [-0.2, -0.15) is 0 Å². The molecule has 0 spiro atoms. The van der Waals surface area contributed by atoms with Gasteiger partial charge < -0.3 is 4.90 Å². The van der Waals surface area contributed by atoms with Crippen molar-refractivity contribution in [2.75, 3.05) is 18.0 Å². The number of rotatable bonds is 4. The van der Waals surface area contributed by atoms with Crippen molar-refractivity contribution in [2.24, 2.45) is 5.92 Å². The molecule has 2 aromatic rings. The van der Waals surface area contributed by atoms with Crippen LogP contribution in [0.4, 0.5) is 10.2 Å². The Labute approximate surface area is 144 Å². The van der Waals surface area contributed by atoms with Gasteiger partial charge in [0.2, 0.25) is 0 Å². The van der Waals surface area contributed by atoms with Crippen LogP contribution in [0.5, 0.6) is 0 Å². The van der Waals surface area contributed by atoms with Gasteiger partial charge >= 0.3 is 0 Å². The van der Waals surface area contributed by atoms with Crippen LogP contribution in [0.1, 0.15) is 38.3 Å². The highest BCUT2D eigenvalue weighted by Crippen LogP contribution is 2.30. The van der Waals surface area contributed by atoms with Crippen LogP contribution in [0.15, 0.2) is 48.2 Å². The van der Waals surface area contributed by atoms with Crippen LogP contribution in [0.3, 0.4) is 0 Å². The average molecular weight is 324 g/mol. The van der Waals surface area contributed by atoms with Gasteiger partial charge in [-0.05, 0) is 54.5 Å². The van der Waals surface area contributed by atoms with Gasteiger partial charge in [-0.1, -0.05) is 43.7 Å². The molecule has 1 aromatic heterocycles. The van der Waals surface area contributed by atoms with E-state index in [0.29, 0.717) is 18.3 Å². The zero-order valence-corrected chi connectivity index (χ0v) is 14.7. The minimum atomic E-state index is -0.247.